The summed E-state index contributed by atoms with van der Waals surface area (Å²) in [6.45, 7) is 2.09. The van der Waals surface area contributed by atoms with Crippen molar-refractivity contribution in [2.24, 2.45) is 5.73 Å². The van der Waals surface area contributed by atoms with Gasteiger partial charge in [0.15, 0.2) is 0 Å². The lowest BCUT2D eigenvalue weighted by Crippen LogP contribution is -2.49. The normalized spacial score (nSPS) is 14.7. The second kappa shape index (κ2) is 7.96. The van der Waals surface area contributed by atoms with Crippen molar-refractivity contribution < 1.29 is 14.7 Å². The first kappa shape index (κ1) is 19.6. The molecule has 2 aromatic heterocycles. The van der Waals surface area contributed by atoms with Gasteiger partial charge >= 0.3 is 5.97 Å². The number of nitrogens with one attached hydrogen (secondary N) is 1. The summed E-state index contributed by atoms with van der Waals surface area (Å²) in [6.07, 6.45) is 3.70. The number of nitrogens with zero attached hydrogens (tertiary/aromatic N) is 4. The van der Waals surface area contributed by atoms with Crippen LogP contribution in [0.1, 0.15) is 15.9 Å². The van der Waals surface area contributed by atoms with Crippen LogP contribution in [0.15, 0.2) is 48.8 Å². The Labute approximate surface area is 172 Å². The summed E-state index contributed by atoms with van der Waals surface area (Å²) >= 11 is 0. The van der Waals surface area contributed by atoms with E-state index in [2.05, 4.69) is 4.98 Å². The highest BCUT2D eigenvalue weighted by Crippen LogP contribution is 2.21. The molecule has 1 aliphatic heterocycles. The summed E-state index contributed by atoms with van der Waals surface area (Å²) in [4.78, 5) is 31.9. The average molecular weight is 406 g/mol. The maximum Gasteiger partial charge on any atom is 0.317 e. The number of imidazole rings is 1. The van der Waals surface area contributed by atoms with E-state index in [-0.39, 0.29) is 18.3 Å². The van der Waals surface area contributed by atoms with Crippen molar-refractivity contribution in [2.45, 2.75) is 0 Å². The Hall–Kier alpha value is -3.72. The van der Waals surface area contributed by atoms with Crippen molar-refractivity contribution >= 4 is 23.4 Å². The highest BCUT2D eigenvalue weighted by atomic mass is 16.4. The molecule has 9 nitrogen and oxygen atoms in total. The minimum atomic E-state index is -0.855. The van der Waals surface area contributed by atoms with Gasteiger partial charge in [-0.1, -0.05) is 24.3 Å². The summed E-state index contributed by atoms with van der Waals surface area (Å²) in [6, 6.07) is 10.8. The van der Waals surface area contributed by atoms with Crippen molar-refractivity contribution in [2.75, 3.05) is 32.7 Å². The molecule has 9 heteroatoms. The third-order valence-corrected chi connectivity index (χ3v) is 5.22. The highest BCUT2D eigenvalue weighted by Gasteiger charge is 2.23. The lowest BCUT2D eigenvalue weighted by Gasteiger charge is -2.33. The maximum absolute atomic E-state index is 12.9. The van der Waals surface area contributed by atoms with Crippen LogP contribution in [-0.2, 0) is 4.79 Å². The Balaban J connectivity index is 1.50. The number of carbonyl (C=O) groups excluding carboxylic acids is 1. The first-order valence-corrected chi connectivity index (χ1v) is 9.58. The highest BCUT2D eigenvalue weighted by molar-refractivity contribution is 5.96. The largest absolute Gasteiger partial charge is 0.480 e. The third-order valence-electron chi connectivity index (χ3n) is 5.22. The number of aliphatic carboxylic acids is 1. The second-order valence-electron chi connectivity index (χ2n) is 7.26. The molecule has 0 atom stereocenters. The number of amides is 1. The van der Waals surface area contributed by atoms with Gasteiger partial charge in [-0.05, 0) is 12.1 Å². The number of pyridine rings is 1. The Morgan fingerprint density at radius 2 is 1.77 bits per heavy atom. The Morgan fingerprint density at radius 1 is 1.07 bits per heavy atom. The first-order valence-electron chi connectivity index (χ1n) is 9.58. The zero-order valence-corrected chi connectivity index (χ0v) is 16.3. The van der Waals surface area contributed by atoms with Crippen LogP contribution in [0.3, 0.4) is 0 Å². The topological polar surface area (TPSA) is 128 Å². The van der Waals surface area contributed by atoms with E-state index in [1.807, 2.05) is 33.8 Å². The lowest BCUT2D eigenvalue weighted by molar-refractivity contribution is -0.138. The van der Waals surface area contributed by atoms with Gasteiger partial charge in [0, 0.05) is 55.3 Å². The van der Waals surface area contributed by atoms with E-state index >= 15 is 0 Å². The molecule has 154 valence electrons. The zero-order valence-electron chi connectivity index (χ0n) is 16.3. The summed E-state index contributed by atoms with van der Waals surface area (Å²) < 4.78 is 1.86. The number of nitrogen functional groups attached to an aromatic ring is 1. The number of aromatic nitrogens is 2. The van der Waals surface area contributed by atoms with Gasteiger partial charge in [-0.2, -0.15) is 0 Å². The van der Waals surface area contributed by atoms with Crippen molar-refractivity contribution in [1.29, 1.82) is 5.41 Å². The fourth-order valence-electron chi connectivity index (χ4n) is 3.56. The van der Waals surface area contributed by atoms with Gasteiger partial charge in [-0.15, -0.1) is 0 Å². The summed E-state index contributed by atoms with van der Waals surface area (Å²) in [5.41, 5.74) is 9.02. The number of hydrogen-bond donors (Lipinski definition) is 3. The fourth-order valence-corrected chi connectivity index (χ4v) is 3.56. The van der Waals surface area contributed by atoms with E-state index in [1.165, 1.54) is 0 Å². The summed E-state index contributed by atoms with van der Waals surface area (Å²) in [5, 5.41) is 16.4. The van der Waals surface area contributed by atoms with Gasteiger partial charge < -0.3 is 20.1 Å². The van der Waals surface area contributed by atoms with Crippen LogP contribution in [0.25, 0.3) is 16.9 Å². The Bertz CT molecular complexity index is 1110. The number of nitrogens with two attached hydrogens (primary N) is 1. The Morgan fingerprint density at radius 3 is 2.40 bits per heavy atom. The van der Waals surface area contributed by atoms with Crippen LogP contribution in [-0.4, -0.2) is 74.7 Å². The molecule has 4 N–H and O–H groups in total. The van der Waals surface area contributed by atoms with E-state index in [1.54, 1.807) is 29.2 Å². The number of carboxylic acids is 1. The molecule has 1 aliphatic rings. The molecule has 1 amide bonds. The maximum atomic E-state index is 12.9. The molecule has 1 saturated heterocycles. The summed E-state index contributed by atoms with van der Waals surface area (Å²) in [7, 11) is 0. The molecule has 0 bridgehead atoms. The SMILES string of the molecule is N=C(N)c1ccc(-c2cn3ccc(C(=O)N4CCN(CC(=O)O)CC4)cc3n2)cc1. The van der Waals surface area contributed by atoms with Crippen LogP contribution in [0.2, 0.25) is 0 Å². The van der Waals surface area contributed by atoms with Crippen LogP contribution in [0.4, 0.5) is 0 Å². The first-order chi connectivity index (χ1) is 14.4. The monoisotopic (exact) mass is 406 g/mol. The molecule has 4 rings (SSSR count). The van der Waals surface area contributed by atoms with Crippen molar-refractivity contribution in [1.82, 2.24) is 19.2 Å². The number of piperazine rings is 1. The predicted octanol–water partition coefficient (Wildman–Crippen LogP) is 1.13. The van der Waals surface area contributed by atoms with Gasteiger partial charge in [0.25, 0.3) is 5.91 Å². The van der Waals surface area contributed by atoms with Gasteiger partial charge in [0.2, 0.25) is 0 Å². The van der Waals surface area contributed by atoms with Crippen molar-refractivity contribution in [3.8, 4) is 11.3 Å². The number of hydrogen-bond acceptors (Lipinski definition) is 5. The third kappa shape index (κ3) is 4.01. The average Bonchev–Trinajstić information content (AvgIpc) is 3.17. The molecule has 0 spiro atoms. The molecular weight excluding hydrogens is 384 g/mol. The van der Waals surface area contributed by atoms with Crippen molar-refractivity contribution in [3.63, 3.8) is 0 Å². The van der Waals surface area contributed by atoms with E-state index in [4.69, 9.17) is 16.2 Å². The standard InChI is InChI=1S/C21H22N6O3/c22-20(23)15-3-1-14(2-4-15)17-12-27-6-5-16(11-18(27)24-17)21(30)26-9-7-25(8-10-26)13-19(28)29/h1-6,11-12H,7-10,13H2,(H3,22,23)(H,28,29). The van der Waals surface area contributed by atoms with E-state index in [9.17, 15) is 9.59 Å². The molecule has 0 aliphatic carbocycles. The van der Waals surface area contributed by atoms with Crippen LogP contribution >= 0.6 is 0 Å². The van der Waals surface area contributed by atoms with Gasteiger partial charge in [-0.25, -0.2) is 4.98 Å². The zero-order chi connectivity index (χ0) is 21.3. The Kier molecular flexibility index (Phi) is 5.20. The quantitative estimate of drug-likeness (QED) is 0.430. The molecule has 3 aromatic rings. The summed E-state index contributed by atoms with van der Waals surface area (Å²) in [5.74, 6) is -0.919. The molecule has 0 radical (unpaired) electrons. The fraction of sp³-hybridized carbons (Fsp3) is 0.238. The van der Waals surface area contributed by atoms with E-state index in [0.29, 0.717) is 43.0 Å². The predicted molar refractivity (Wildman–Crippen MR) is 112 cm³/mol. The minimum absolute atomic E-state index is 0.00175. The number of fused-ring (bicyclic) bond motifs is 1. The molecular formula is C21H22N6O3. The van der Waals surface area contributed by atoms with E-state index in [0.717, 1.165) is 11.3 Å². The molecule has 0 saturated carbocycles. The number of rotatable bonds is 5. The molecule has 1 fully saturated rings. The van der Waals surface area contributed by atoms with Crippen LogP contribution in [0, 0.1) is 5.41 Å². The number of carbonyl (C=O) groups is 2. The molecule has 1 aromatic carbocycles. The number of carboxylic acid groups (broad SMARTS) is 1. The smallest absolute Gasteiger partial charge is 0.317 e. The second-order valence-corrected chi connectivity index (χ2v) is 7.26. The number of amidine groups is 1. The minimum Gasteiger partial charge on any atom is -0.480 e. The van der Waals surface area contributed by atoms with E-state index < -0.39 is 5.97 Å². The molecule has 0 unspecified atom stereocenters. The van der Waals surface area contributed by atoms with Gasteiger partial charge in [-0.3, -0.25) is 19.9 Å². The van der Waals surface area contributed by atoms with Crippen LogP contribution < -0.4 is 5.73 Å². The van der Waals surface area contributed by atoms with Gasteiger partial charge in [0.1, 0.15) is 11.5 Å². The van der Waals surface area contributed by atoms with Crippen LogP contribution in [0.5, 0.6) is 0 Å². The molecule has 30 heavy (non-hydrogen) atoms. The lowest BCUT2D eigenvalue weighted by atomic mass is 10.1. The van der Waals surface area contributed by atoms with Gasteiger partial charge in [0.05, 0.1) is 12.2 Å². The van der Waals surface area contributed by atoms with Crippen molar-refractivity contribution in [3.05, 3.63) is 59.9 Å². The number of benzene rings is 1. The molecule has 3 heterocycles.